The Morgan fingerprint density at radius 2 is 2.06 bits per heavy atom. The molecule has 94 valence electrons. The molecule has 0 amide bonds. The Bertz CT molecular complexity index is 187. The lowest BCUT2D eigenvalue weighted by Crippen LogP contribution is -2.41. The summed E-state index contributed by atoms with van der Waals surface area (Å²) in [5, 5.41) is 0. The number of hydrogen-bond donors (Lipinski definition) is 1. The highest BCUT2D eigenvalue weighted by atomic mass is 16.5. The van der Waals surface area contributed by atoms with E-state index in [-0.39, 0.29) is 0 Å². The number of ether oxygens (including phenoxy) is 2. The van der Waals surface area contributed by atoms with Crippen LogP contribution < -0.4 is 5.73 Å². The van der Waals surface area contributed by atoms with Crippen LogP contribution in [0.1, 0.15) is 25.7 Å². The summed E-state index contributed by atoms with van der Waals surface area (Å²) >= 11 is 0. The van der Waals surface area contributed by atoms with E-state index >= 15 is 0 Å². The Kier molecular flexibility index (Phi) is 5.03. The summed E-state index contributed by atoms with van der Waals surface area (Å²) in [5.74, 6) is 0. The Morgan fingerprint density at radius 1 is 1.25 bits per heavy atom. The largest absolute Gasteiger partial charge is 0.377 e. The van der Waals surface area contributed by atoms with Gasteiger partial charge in [-0.1, -0.05) is 0 Å². The minimum absolute atomic E-state index is 0.435. The van der Waals surface area contributed by atoms with Gasteiger partial charge >= 0.3 is 0 Å². The highest BCUT2D eigenvalue weighted by Gasteiger charge is 2.23. The monoisotopic (exact) mass is 228 g/mol. The summed E-state index contributed by atoms with van der Waals surface area (Å²) in [6.45, 7) is 5.71. The first-order valence-corrected chi connectivity index (χ1v) is 6.54. The van der Waals surface area contributed by atoms with E-state index < -0.39 is 0 Å². The molecule has 2 rings (SSSR count). The van der Waals surface area contributed by atoms with E-state index in [0.29, 0.717) is 25.4 Å². The molecule has 0 aliphatic carbocycles. The molecule has 0 aromatic rings. The molecule has 0 aromatic heterocycles. The number of nitrogens with two attached hydrogens (primary N) is 1. The molecular formula is C12H24N2O2. The van der Waals surface area contributed by atoms with Gasteiger partial charge in [0.1, 0.15) is 0 Å². The first-order chi connectivity index (χ1) is 7.88. The molecule has 4 nitrogen and oxygen atoms in total. The van der Waals surface area contributed by atoms with Gasteiger partial charge < -0.3 is 20.1 Å². The molecule has 16 heavy (non-hydrogen) atoms. The third-order valence-corrected chi connectivity index (χ3v) is 3.49. The molecular weight excluding hydrogens is 204 g/mol. The fraction of sp³-hybridized carbons (Fsp3) is 1.00. The minimum Gasteiger partial charge on any atom is -0.377 e. The van der Waals surface area contributed by atoms with Crippen molar-refractivity contribution in [2.24, 2.45) is 5.73 Å². The predicted molar refractivity (Wildman–Crippen MR) is 63.4 cm³/mol. The number of piperidine rings is 1. The van der Waals surface area contributed by atoms with E-state index in [9.17, 15) is 0 Å². The minimum atomic E-state index is 0.435. The van der Waals surface area contributed by atoms with Crippen LogP contribution in [0.4, 0.5) is 0 Å². The summed E-state index contributed by atoms with van der Waals surface area (Å²) < 4.78 is 11.3. The SMILES string of the molecule is NCCOC1CCN(CC2CCCO2)CC1. The van der Waals surface area contributed by atoms with Gasteiger partial charge in [-0.2, -0.15) is 0 Å². The van der Waals surface area contributed by atoms with Gasteiger partial charge in [0.25, 0.3) is 0 Å². The molecule has 1 atom stereocenters. The maximum atomic E-state index is 5.67. The molecule has 2 N–H and O–H groups in total. The molecule has 2 aliphatic rings. The Morgan fingerprint density at radius 3 is 2.69 bits per heavy atom. The average Bonchev–Trinajstić information content (AvgIpc) is 2.81. The van der Waals surface area contributed by atoms with E-state index in [2.05, 4.69) is 4.90 Å². The molecule has 4 heteroatoms. The normalized spacial score (nSPS) is 28.7. The van der Waals surface area contributed by atoms with E-state index in [4.69, 9.17) is 15.2 Å². The predicted octanol–water partition coefficient (Wildman–Crippen LogP) is 0.605. The molecule has 2 saturated heterocycles. The quantitative estimate of drug-likeness (QED) is 0.749. The van der Waals surface area contributed by atoms with Crippen LogP contribution in [0, 0.1) is 0 Å². The van der Waals surface area contributed by atoms with Crippen LogP contribution in [0.3, 0.4) is 0 Å². The van der Waals surface area contributed by atoms with Crippen LogP contribution in [-0.2, 0) is 9.47 Å². The zero-order valence-corrected chi connectivity index (χ0v) is 10.1. The zero-order valence-electron chi connectivity index (χ0n) is 10.1. The second-order valence-electron chi connectivity index (χ2n) is 4.79. The van der Waals surface area contributed by atoms with Crippen molar-refractivity contribution in [2.45, 2.75) is 37.9 Å². The van der Waals surface area contributed by atoms with Crippen molar-refractivity contribution in [1.82, 2.24) is 4.90 Å². The van der Waals surface area contributed by atoms with Crippen LogP contribution in [-0.4, -0.2) is 56.5 Å². The third-order valence-electron chi connectivity index (χ3n) is 3.49. The van der Waals surface area contributed by atoms with Crippen LogP contribution in [0.25, 0.3) is 0 Å². The molecule has 0 spiro atoms. The lowest BCUT2D eigenvalue weighted by Gasteiger charge is -2.33. The summed E-state index contributed by atoms with van der Waals surface area (Å²) in [6, 6.07) is 0. The smallest absolute Gasteiger partial charge is 0.0702 e. The van der Waals surface area contributed by atoms with Crippen LogP contribution in [0.2, 0.25) is 0 Å². The first-order valence-electron chi connectivity index (χ1n) is 6.54. The molecule has 2 heterocycles. The van der Waals surface area contributed by atoms with Gasteiger partial charge in [0.2, 0.25) is 0 Å². The highest BCUT2D eigenvalue weighted by molar-refractivity contribution is 4.76. The van der Waals surface area contributed by atoms with Crippen molar-refractivity contribution in [3.05, 3.63) is 0 Å². The number of nitrogens with zero attached hydrogens (tertiary/aromatic N) is 1. The molecule has 1 unspecified atom stereocenters. The zero-order chi connectivity index (χ0) is 11.2. The van der Waals surface area contributed by atoms with Gasteiger partial charge in [-0.15, -0.1) is 0 Å². The number of likely N-dealkylation sites (tertiary alicyclic amines) is 1. The number of rotatable bonds is 5. The van der Waals surface area contributed by atoms with E-state index in [1.54, 1.807) is 0 Å². The molecule has 0 aromatic carbocycles. The topological polar surface area (TPSA) is 47.7 Å². The van der Waals surface area contributed by atoms with Crippen molar-refractivity contribution in [2.75, 3.05) is 39.4 Å². The van der Waals surface area contributed by atoms with Gasteiger partial charge in [-0.25, -0.2) is 0 Å². The molecule has 0 saturated carbocycles. The van der Waals surface area contributed by atoms with Crippen molar-refractivity contribution in [1.29, 1.82) is 0 Å². The number of hydrogen-bond acceptors (Lipinski definition) is 4. The maximum Gasteiger partial charge on any atom is 0.0702 e. The van der Waals surface area contributed by atoms with Crippen LogP contribution in [0.15, 0.2) is 0 Å². The van der Waals surface area contributed by atoms with Gasteiger partial charge in [-0.3, -0.25) is 0 Å². The Balaban J connectivity index is 1.60. The van der Waals surface area contributed by atoms with Gasteiger partial charge in [0.15, 0.2) is 0 Å². The maximum absolute atomic E-state index is 5.67. The standard InChI is InChI=1S/C12H24N2O2/c13-5-9-16-11-3-6-14(7-4-11)10-12-2-1-8-15-12/h11-12H,1-10,13H2. The van der Waals surface area contributed by atoms with Gasteiger partial charge in [0, 0.05) is 32.8 Å². The Hall–Kier alpha value is -0.160. The third kappa shape index (κ3) is 3.70. The fourth-order valence-electron chi connectivity index (χ4n) is 2.57. The van der Waals surface area contributed by atoms with Gasteiger partial charge in [-0.05, 0) is 25.7 Å². The lowest BCUT2D eigenvalue weighted by atomic mass is 10.1. The lowest BCUT2D eigenvalue weighted by molar-refractivity contribution is -0.00231. The highest BCUT2D eigenvalue weighted by Crippen LogP contribution is 2.18. The van der Waals surface area contributed by atoms with E-state index in [1.807, 2.05) is 0 Å². The summed E-state index contributed by atoms with van der Waals surface area (Å²) in [4.78, 5) is 2.51. The van der Waals surface area contributed by atoms with E-state index in [1.165, 1.54) is 12.8 Å². The summed E-state index contributed by atoms with van der Waals surface area (Å²) in [6.07, 6.45) is 5.69. The second kappa shape index (κ2) is 6.55. The van der Waals surface area contributed by atoms with Crippen molar-refractivity contribution in [3.63, 3.8) is 0 Å². The van der Waals surface area contributed by atoms with Crippen LogP contribution in [0.5, 0.6) is 0 Å². The van der Waals surface area contributed by atoms with E-state index in [0.717, 1.165) is 39.1 Å². The average molecular weight is 228 g/mol. The molecule has 0 radical (unpaired) electrons. The Labute approximate surface area is 98.1 Å². The summed E-state index contributed by atoms with van der Waals surface area (Å²) in [5.41, 5.74) is 5.43. The molecule has 2 fully saturated rings. The van der Waals surface area contributed by atoms with Crippen molar-refractivity contribution >= 4 is 0 Å². The van der Waals surface area contributed by atoms with Crippen molar-refractivity contribution < 1.29 is 9.47 Å². The van der Waals surface area contributed by atoms with Crippen molar-refractivity contribution in [3.8, 4) is 0 Å². The first kappa shape index (κ1) is 12.3. The molecule has 0 bridgehead atoms. The molecule has 2 aliphatic heterocycles. The summed E-state index contributed by atoms with van der Waals surface area (Å²) in [7, 11) is 0. The fourth-order valence-corrected chi connectivity index (χ4v) is 2.57. The second-order valence-corrected chi connectivity index (χ2v) is 4.79. The van der Waals surface area contributed by atoms with Crippen LogP contribution >= 0.6 is 0 Å². The van der Waals surface area contributed by atoms with Gasteiger partial charge in [0.05, 0.1) is 18.8 Å².